The van der Waals surface area contributed by atoms with E-state index in [-0.39, 0.29) is 0 Å². The van der Waals surface area contributed by atoms with E-state index < -0.39 is 0 Å². The number of aryl methyl sites for hydroxylation is 2. The van der Waals surface area contributed by atoms with Crippen molar-refractivity contribution in [2.45, 2.75) is 13.5 Å². The van der Waals surface area contributed by atoms with Crippen molar-refractivity contribution >= 4 is 0 Å². The van der Waals surface area contributed by atoms with Crippen LogP contribution < -0.4 is 0 Å². The lowest BCUT2D eigenvalue weighted by Crippen LogP contribution is -2.44. The van der Waals surface area contributed by atoms with E-state index in [1.54, 1.807) is 0 Å². The maximum atomic E-state index is 4.37. The smallest absolute Gasteiger partial charge is 0.0597 e. The maximum Gasteiger partial charge on any atom is 0.0597 e. The molecule has 84 valence electrons. The lowest BCUT2D eigenvalue weighted by Gasteiger charge is -2.32. The number of likely N-dealkylation sites (N-methyl/N-ethyl adjacent to an activating group) is 1. The van der Waals surface area contributed by atoms with E-state index in [0.717, 1.165) is 12.2 Å². The molecule has 1 aliphatic rings. The maximum absolute atomic E-state index is 4.37. The lowest BCUT2D eigenvalue weighted by atomic mass is 10.3. The molecule has 0 saturated carbocycles. The van der Waals surface area contributed by atoms with Crippen LogP contribution in [0.4, 0.5) is 0 Å². The fourth-order valence-corrected chi connectivity index (χ4v) is 2.05. The summed E-state index contributed by atoms with van der Waals surface area (Å²) >= 11 is 0. The largest absolute Gasteiger partial charge is 0.304 e. The highest BCUT2D eigenvalue weighted by Gasteiger charge is 2.15. The van der Waals surface area contributed by atoms with Crippen molar-refractivity contribution in [2.24, 2.45) is 7.05 Å². The van der Waals surface area contributed by atoms with Gasteiger partial charge in [0.05, 0.1) is 11.4 Å². The van der Waals surface area contributed by atoms with Crippen LogP contribution in [0.2, 0.25) is 0 Å². The molecule has 1 fully saturated rings. The Balaban J connectivity index is 1.94. The van der Waals surface area contributed by atoms with E-state index in [1.807, 2.05) is 18.7 Å². The molecule has 0 aliphatic carbocycles. The summed E-state index contributed by atoms with van der Waals surface area (Å²) in [6, 6.07) is 2.18. The topological polar surface area (TPSA) is 24.3 Å². The monoisotopic (exact) mass is 208 g/mol. The van der Waals surface area contributed by atoms with Gasteiger partial charge in [0, 0.05) is 39.8 Å². The van der Waals surface area contributed by atoms with Gasteiger partial charge in [-0.2, -0.15) is 5.10 Å². The fourth-order valence-electron chi connectivity index (χ4n) is 2.05. The van der Waals surface area contributed by atoms with Crippen LogP contribution in [0.3, 0.4) is 0 Å². The second-order valence-electron chi connectivity index (χ2n) is 4.48. The van der Waals surface area contributed by atoms with Crippen molar-refractivity contribution < 1.29 is 0 Å². The molecule has 1 aromatic heterocycles. The Morgan fingerprint density at radius 1 is 1.20 bits per heavy atom. The summed E-state index contributed by atoms with van der Waals surface area (Å²) in [5, 5.41) is 4.37. The molecule has 0 bridgehead atoms. The second-order valence-corrected chi connectivity index (χ2v) is 4.48. The van der Waals surface area contributed by atoms with Gasteiger partial charge in [0.15, 0.2) is 0 Å². The Morgan fingerprint density at radius 3 is 2.40 bits per heavy atom. The van der Waals surface area contributed by atoms with E-state index in [0.29, 0.717) is 0 Å². The van der Waals surface area contributed by atoms with Crippen LogP contribution >= 0.6 is 0 Å². The number of nitrogens with zero attached hydrogens (tertiary/aromatic N) is 4. The number of piperazine rings is 1. The van der Waals surface area contributed by atoms with Gasteiger partial charge >= 0.3 is 0 Å². The van der Waals surface area contributed by atoms with Crippen LogP contribution in [0.1, 0.15) is 11.4 Å². The zero-order chi connectivity index (χ0) is 10.8. The third kappa shape index (κ3) is 2.58. The third-order valence-electron chi connectivity index (χ3n) is 3.08. The first kappa shape index (κ1) is 10.6. The Bertz CT molecular complexity index is 323. The normalized spacial score (nSPS) is 19.7. The molecule has 0 N–H and O–H groups in total. The predicted octanol–water partition coefficient (Wildman–Crippen LogP) is 0.476. The molecule has 1 saturated heterocycles. The van der Waals surface area contributed by atoms with Gasteiger partial charge in [0.2, 0.25) is 0 Å². The Morgan fingerprint density at radius 2 is 1.87 bits per heavy atom. The standard InChI is InChI=1S/C11H20N4/c1-10-8-11(14(3)12-10)9-15-6-4-13(2)5-7-15/h8H,4-7,9H2,1-3H3. The van der Waals surface area contributed by atoms with E-state index >= 15 is 0 Å². The van der Waals surface area contributed by atoms with E-state index in [1.165, 1.54) is 31.9 Å². The number of rotatable bonds is 2. The summed E-state index contributed by atoms with van der Waals surface area (Å²) < 4.78 is 1.99. The molecule has 0 unspecified atom stereocenters. The number of hydrogen-bond donors (Lipinski definition) is 0. The lowest BCUT2D eigenvalue weighted by molar-refractivity contribution is 0.145. The summed E-state index contributed by atoms with van der Waals surface area (Å²) in [5.74, 6) is 0. The number of aromatic nitrogens is 2. The SMILES string of the molecule is Cc1cc(CN2CCN(C)CC2)n(C)n1. The predicted molar refractivity (Wildman–Crippen MR) is 60.7 cm³/mol. The van der Waals surface area contributed by atoms with E-state index in [2.05, 4.69) is 28.0 Å². The quantitative estimate of drug-likeness (QED) is 0.706. The third-order valence-corrected chi connectivity index (χ3v) is 3.08. The molecule has 0 radical (unpaired) electrons. The van der Waals surface area contributed by atoms with E-state index in [9.17, 15) is 0 Å². The molecule has 0 amide bonds. The Hall–Kier alpha value is -0.870. The van der Waals surface area contributed by atoms with Crippen LogP contribution in [0.5, 0.6) is 0 Å². The van der Waals surface area contributed by atoms with Gasteiger partial charge in [-0.25, -0.2) is 0 Å². The fraction of sp³-hybridized carbons (Fsp3) is 0.727. The van der Waals surface area contributed by atoms with Crippen LogP contribution in [0.15, 0.2) is 6.07 Å². The minimum absolute atomic E-state index is 1.03. The van der Waals surface area contributed by atoms with Crippen LogP contribution in [-0.4, -0.2) is 52.8 Å². The Labute approximate surface area is 91.5 Å². The first-order valence-electron chi connectivity index (χ1n) is 5.55. The minimum Gasteiger partial charge on any atom is -0.304 e. The molecule has 2 heterocycles. The first-order valence-corrected chi connectivity index (χ1v) is 5.55. The molecule has 4 nitrogen and oxygen atoms in total. The van der Waals surface area contributed by atoms with Gasteiger partial charge in [0.1, 0.15) is 0 Å². The molecule has 15 heavy (non-hydrogen) atoms. The van der Waals surface area contributed by atoms with Crippen molar-refractivity contribution in [3.63, 3.8) is 0 Å². The Kier molecular flexibility index (Phi) is 3.07. The zero-order valence-electron chi connectivity index (χ0n) is 9.90. The molecule has 0 spiro atoms. The van der Waals surface area contributed by atoms with Crippen molar-refractivity contribution in [3.05, 3.63) is 17.5 Å². The summed E-state index contributed by atoms with van der Waals surface area (Å²) in [6.45, 7) is 7.77. The van der Waals surface area contributed by atoms with Crippen molar-refractivity contribution in [1.82, 2.24) is 19.6 Å². The van der Waals surface area contributed by atoms with E-state index in [4.69, 9.17) is 0 Å². The summed E-state index contributed by atoms with van der Waals surface area (Å²) in [6.07, 6.45) is 0. The highest BCUT2D eigenvalue weighted by molar-refractivity contribution is 5.08. The molecular weight excluding hydrogens is 188 g/mol. The van der Waals surface area contributed by atoms with Gasteiger partial charge in [-0.05, 0) is 20.0 Å². The highest BCUT2D eigenvalue weighted by Crippen LogP contribution is 2.08. The molecule has 1 aliphatic heterocycles. The summed E-state index contributed by atoms with van der Waals surface area (Å²) in [5.41, 5.74) is 2.43. The highest BCUT2D eigenvalue weighted by atomic mass is 15.3. The van der Waals surface area contributed by atoms with Gasteiger partial charge in [-0.15, -0.1) is 0 Å². The van der Waals surface area contributed by atoms with Crippen LogP contribution in [-0.2, 0) is 13.6 Å². The average Bonchev–Trinajstić information content (AvgIpc) is 2.49. The van der Waals surface area contributed by atoms with Crippen LogP contribution in [0, 0.1) is 6.92 Å². The van der Waals surface area contributed by atoms with Crippen molar-refractivity contribution in [3.8, 4) is 0 Å². The minimum atomic E-state index is 1.03. The van der Waals surface area contributed by atoms with Gasteiger partial charge in [0.25, 0.3) is 0 Å². The van der Waals surface area contributed by atoms with Gasteiger partial charge in [-0.1, -0.05) is 0 Å². The molecule has 0 aromatic carbocycles. The molecule has 2 rings (SSSR count). The van der Waals surface area contributed by atoms with Crippen molar-refractivity contribution in [1.29, 1.82) is 0 Å². The van der Waals surface area contributed by atoms with Gasteiger partial charge < -0.3 is 4.90 Å². The first-order chi connectivity index (χ1) is 7.15. The second kappa shape index (κ2) is 4.33. The molecule has 1 aromatic rings. The molecule has 0 atom stereocenters. The van der Waals surface area contributed by atoms with Crippen molar-refractivity contribution in [2.75, 3.05) is 33.2 Å². The summed E-state index contributed by atoms with van der Waals surface area (Å²) in [7, 11) is 4.21. The summed E-state index contributed by atoms with van der Waals surface area (Å²) in [4.78, 5) is 4.88. The molecule has 4 heteroatoms. The average molecular weight is 208 g/mol. The zero-order valence-corrected chi connectivity index (χ0v) is 9.90. The number of hydrogen-bond acceptors (Lipinski definition) is 3. The molecular formula is C11H20N4. The van der Waals surface area contributed by atoms with Gasteiger partial charge in [-0.3, -0.25) is 9.58 Å². The van der Waals surface area contributed by atoms with Crippen LogP contribution in [0.25, 0.3) is 0 Å².